The lowest BCUT2D eigenvalue weighted by molar-refractivity contribution is -0.123. The maximum Gasteiger partial charge on any atom is 0.276 e. The highest BCUT2D eigenvalue weighted by Gasteiger charge is 2.34. The molecule has 0 radical (unpaired) electrons. The van der Waals surface area contributed by atoms with Crippen LogP contribution in [-0.4, -0.2) is 28.5 Å². The first-order valence-corrected chi connectivity index (χ1v) is 7.93. The van der Waals surface area contributed by atoms with E-state index in [1.807, 2.05) is 13.0 Å². The maximum absolute atomic E-state index is 12.8. The Morgan fingerprint density at radius 1 is 1.32 bits per heavy atom. The van der Waals surface area contributed by atoms with Crippen molar-refractivity contribution in [3.05, 3.63) is 53.6 Å². The van der Waals surface area contributed by atoms with Gasteiger partial charge in [-0.3, -0.25) is 15.0 Å². The first kappa shape index (κ1) is 16.6. The van der Waals surface area contributed by atoms with Gasteiger partial charge in [0.1, 0.15) is 6.17 Å². The minimum Gasteiger partial charge on any atom is -0.504 e. The third kappa shape index (κ3) is 3.21. The molecule has 0 fully saturated rings. The van der Waals surface area contributed by atoms with E-state index >= 15 is 0 Å². The zero-order valence-electron chi connectivity index (χ0n) is 13.9. The van der Waals surface area contributed by atoms with Crippen LogP contribution in [-0.2, 0) is 4.79 Å². The first-order valence-electron chi connectivity index (χ1n) is 7.93. The molecule has 0 aliphatic carbocycles. The maximum atomic E-state index is 12.8. The quantitative estimate of drug-likeness (QED) is 0.794. The zero-order chi connectivity index (χ0) is 18.0. The number of nitrogens with zero attached hydrogens (tertiary/aromatic N) is 1. The smallest absolute Gasteiger partial charge is 0.276 e. The fourth-order valence-electron chi connectivity index (χ4n) is 2.74. The average molecular weight is 341 g/mol. The number of anilines is 1. The summed E-state index contributed by atoms with van der Waals surface area (Å²) in [6, 6.07) is 11.9. The summed E-state index contributed by atoms with van der Waals surface area (Å²) in [6.45, 7) is 3.55. The predicted molar refractivity (Wildman–Crippen MR) is 92.1 cm³/mol. The van der Waals surface area contributed by atoms with Crippen molar-refractivity contribution >= 4 is 17.5 Å². The number of carbonyl (C=O) groups excluding carboxylic acids is 2. The van der Waals surface area contributed by atoms with Crippen molar-refractivity contribution in [2.75, 3.05) is 11.9 Å². The van der Waals surface area contributed by atoms with Crippen LogP contribution in [0.2, 0.25) is 0 Å². The third-order valence-electron chi connectivity index (χ3n) is 3.80. The number of fused-ring (bicyclic) bond motifs is 1. The number of para-hydroxylation sites is 1. The Bertz CT molecular complexity index is 822. The van der Waals surface area contributed by atoms with E-state index in [-0.39, 0.29) is 17.6 Å². The van der Waals surface area contributed by atoms with E-state index < -0.39 is 6.17 Å². The molecule has 0 saturated carbocycles. The topological polar surface area (TPSA) is 90.9 Å². The van der Waals surface area contributed by atoms with Crippen molar-refractivity contribution in [1.82, 2.24) is 10.4 Å². The molecule has 0 aromatic heterocycles. The monoisotopic (exact) mass is 341 g/mol. The first-order chi connectivity index (χ1) is 12.0. The minimum absolute atomic E-state index is 0.0132. The van der Waals surface area contributed by atoms with Crippen LogP contribution in [0.5, 0.6) is 11.5 Å². The summed E-state index contributed by atoms with van der Waals surface area (Å²) >= 11 is 0. The van der Waals surface area contributed by atoms with Crippen molar-refractivity contribution < 1.29 is 19.4 Å². The van der Waals surface area contributed by atoms with Gasteiger partial charge in [0.2, 0.25) is 5.91 Å². The van der Waals surface area contributed by atoms with E-state index in [0.29, 0.717) is 29.2 Å². The number of hydrogen-bond acceptors (Lipinski definition) is 5. The van der Waals surface area contributed by atoms with Gasteiger partial charge in [0.25, 0.3) is 5.91 Å². The molecule has 3 rings (SSSR count). The highest BCUT2D eigenvalue weighted by atomic mass is 16.5. The fraction of sp³-hybridized carbons (Fsp3) is 0.222. The lowest BCUT2D eigenvalue weighted by Crippen LogP contribution is -2.52. The van der Waals surface area contributed by atoms with Gasteiger partial charge in [-0.1, -0.05) is 18.2 Å². The Balaban J connectivity index is 2.04. The Morgan fingerprint density at radius 3 is 2.80 bits per heavy atom. The molecule has 2 amide bonds. The summed E-state index contributed by atoms with van der Waals surface area (Å²) in [5.41, 5.74) is 4.37. The fourth-order valence-corrected chi connectivity index (χ4v) is 2.74. The van der Waals surface area contributed by atoms with E-state index in [4.69, 9.17) is 4.74 Å². The second-order valence-electron chi connectivity index (χ2n) is 5.60. The number of aromatic hydroxyl groups is 1. The molecule has 0 bridgehead atoms. The van der Waals surface area contributed by atoms with Crippen LogP contribution >= 0.6 is 0 Å². The van der Waals surface area contributed by atoms with E-state index in [9.17, 15) is 14.7 Å². The number of phenols is 1. The summed E-state index contributed by atoms with van der Waals surface area (Å²) in [7, 11) is 0. The van der Waals surface area contributed by atoms with Gasteiger partial charge in [0, 0.05) is 18.2 Å². The van der Waals surface area contributed by atoms with Crippen molar-refractivity contribution in [2.24, 2.45) is 0 Å². The summed E-state index contributed by atoms with van der Waals surface area (Å²) in [5.74, 6) is -0.348. The van der Waals surface area contributed by atoms with Gasteiger partial charge in [-0.15, -0.1) is 0 Å². The standard InChI is InChI=1S/C18H19N3O4/c1-3-25-16-10-12(8-9-15(16)23)17-19-14-7-5-4-6-13(14)18(24)21(17)20-11(2)22/h4-10,17,19,23H,3H2,1-2H3,(H,20,22). The SMILES string of the molecule is CCOc1cc(C2Nc3ccccc3C(=O)N2NC(C)=O)ccc1O. The largest absolute Gasteiger partial charge is 0.504 e. The molecule has 2 aromatic carbocycles. The molecular weight excluding hydrogens is 322 g/mol. The molecule has 1 atom stereocenters. The Morgan fingerprint density at radius 2 is 2.08 bits per heavy atom. The number of hydrogen-bond donors (Lipinski definition) is 3. The molecule has 1 aliphatic rings. The van der Waals surface area contributed by atoms with Gasteiger partial charge in [0.05, 0.1) is 12.2 Å². The van der Waals surface area contributed by atoms with Gasteiger partial charge in [0.15, 0.2) is 11.5 Å². The van der Waals surface area contributed by atoms with E-state index in [1.165, 1.54) is 18.0 Å². The molecule has 1 unspecified atom stereocenters. The summed E-state index contributed by atoms with van der Waals surface area (Å²) in [4.78, 5) is 24.4. The summed E-state index contributed by atoms with van der Waals surface area (Å²) < 4.78 is 5.41. The van der Waals surface area contributed by atoms with Crippen LogP contribution in [0.25, 0.3) is 0 Å². The lowest BCUT2D eigenvalue weighted by Gasteiger charge is -2.37. The normalized spacial score (nSPS) is 16.0. The molecule has 0 spiro atoms. The second kappa shape index (κ2) is 6.72. The number of benzene rings is 2. The number of amides is 2. The molecule has 25 heavy (non-hydrogen) atoms. The molecule has 130 valence electrons. The Hall–Kier alpha value is -3.22. The van der Waals surface area contributed by atoms with Gasteiger partial charge in [-0.25, -0.2) is 5.01 Å². The van der Waals surface area contributed by atoms with Gasteiger partial charge < -0.3 is 15.2 Å². The van der Waals surface area contributed by atoms with E-state index in [1.54, 1.807) is 30.3 Å². The van der Waals surface area contributed by atoms with Crippen molar-refractivity contribution in [3.8, 4) is 11.5 Å². The van der Waals surface area contributed by atoms with Crippen LogP contribution in [0.1, 0.15) is 35.9 Å². The third-order valence-corrected chi connectivity index (χ3v) is 3.80. The average Bonchev–Trinajstić information content (AvgIpc) is 2.59. The van der Waals surface area contributed by atoms with Gasteiger partial charge >= 0.3 is 0 Å². The van der Waals surface area contributed by atoms with E-state index in [0.717, 1.165) is 0 Å². The minimum atomic E-state index is -0.633. The molecule has 1 aliphatic heterocycles. The number of rotatable bonds is 4. The van der Waals surface area contributed by atoms with Gasteiger partial charge in [-0.05, 0) is 31.2 Å². The summed E-state index contributed by atoms with van der Waals surface area (Å²) in [5, 5.41) is 14.4. The summed E-state index contributed by atoms with van der Waals surface area (Å²) in [6.07, 6.45) is -0.633. The lowest BCUT2D eigenvalue weighted by atomic mass is 10.0. The van der Waals surface area contributed by atoms with E-state index in [2.05, 4.69) is 10.7 Å². The van der Waals surface area contributed by atoms with Gasteiger partial charge in [-0.2, -0.15) is 0 Å². The molecule has 3 N–H and O–H groups in total. The Labute approximate surface area is 145 Å². The molecule has 2 aromatic rings. The predicted octanol–water partition coefficient (Wildman–Crippen LogP) is 2.41. The van der Waals surface area contributed by atoms with Crippen molar-refractivity contribution in [1.29, 1.82) is 0 Å². The number of phenolic OH excluding ortho intramolecular Hbond substituents is 1. The van der Waals surface area contributed by atoms with Crippen LogP contribution in [0.3, 0.4) is 0 Å². The van der Waals surface area contributed by atoms with Crippen LogP contribution in [0.15, 0.2) is 42.5 Å². The highest BCUT2D eigenvalue weighted by Crippen LogP contribution is 2.35. The number of nitrogens with one attached hydrogen (secondary N) is 2. The van der Waals surface area contributed by atoms with Crippen molar-refractivity contribution in [3.63, 3.8) is 0 Å². The molecular formula is C18H19N3O4. The Kier molecular flexibility index (Phi) is 4.47. The van der Waals surface area contributed by atoms with Crippen LogP contribution in [0.4, 0.5) is 5.69 Å². The molecule has 1 heterocycles. The number of carbonyl (C=O) groups is 2. The van der Waals surface area contributed by atoms with Crippen molar-refractivity contribution in [2.45, 2.75) is 20.0 Å². The van der Waals surface area contributed by atoms with Crippen LogP contribution in [0, 0.1) is 0 Å². The number of ether oxygens (including phenoxy) is 1. The molecule has 7 nitrogen and oxygen atoms in total. The number of hydrazine groups is 1. The molecule has 7 heteroatoms. The second-order valence-corrected chi connectivity index (χ2v) is 5.60. The zero-order valence-corrected chi connectivity index (χ0v) is 13.9. The highest BCUT2D eigenvalue weighted by molar-refractivity contribution is 6.02. The van der Waals surface area contributed by atoms with Crippen LogP contribution < -0.4 is 15.5 Å². The molecule has 0 saturated heterocycles.